The first-order valence-electron chi connectivity index (χ1n) is 10.7. The number of benzene rings is 2. The molecule has 1 aromatic heterocycles. The van der Waals surface area contributed by atoms with Crippen LogP contribution in [0.4, 0.5) is 10.1 Å². The zero-order chi connectivity index (χ0) is 23.3. The third-order valence-electron chi connectivity index (χ3n) is 5.49. The molecule has 2 heterocycles. The van der Waals surface area contributed by atoms with Crippen molar-refractivity contribution in [1.29, 1.82) is 0 Å². The Morgan fingerprint density at radius 1 is 1.03 bits per heavy atom. The van der Waals surface area contributed by atoms with E-state index in [1.807, 2.05) is 17.5 Å². The highest BCUT2D eigenvalue weighted by Crippen LogP contribution is 2.23. The van der Waals surface area contributed by atoms with Gasteiger partial charge in [0.05, 0.1) is 24.7 Å². The van der Waals surface area contributed by atoms with Gasteiger partial charge in [0.15, 0.2) is 0 Å². The van der Waals surface area contributed by atoms with Crippen molar-refractivity contribution in [2.75, 3.05) is 31.2 Å². The number of ether oxygens (including phenoxy) is 1. The molecule has 1 amide bonds. The molecule has 0 bridgehead atoms. The average molecular weight is 489 g/mol. The predicted molar refractivity (Wildman–Crippen MR) is 126 cm³/mol. The Morgan fingerprint density at radius 2 is 1.73 bits per heavy atom. The van der Waals surface area contributed by atoms with Gasteiger partial charge in [-0.3, -0.25) is 4.79 Å². The van der Waals surface area contributed by atoms with Crippen LogP contribution >= 0.6 is 11.3 Å². The zero-order valence-electron chi connectivity index (χ0n) is 18.0. The number of amides is 1. The highest BCUT2D eigenvalue weighted by Gasteiger charge is 2.26. The fourth-order valence-electron chi connectivity index (χ4n) is 3.65. The maximum absolute atomic E-state index is 13.4. The number of halogens is 1. The summed E-state index contributed by atoms with van der Waals surface area (Å²) in [7, 11) is -3.54. The van der Waals surface area contributed by atoms with E-state index in [0.717, 1.165) is 10.4 Å². The van der Waals surface area contributed by atoms with Gasteiger partial charge in [-0.15, -0.1) is 11.3 Å². The number of carbonyl (C=O) groups excluding carboxylic acids is 1. The minimum atomic E-state index is -3.54. The van der Waals surface area contributed by atoms with Gasteiger partial charge in [-0.25, -0.2) is 12.8 Å². The van der Waals surface area contributed by atoms with Crippen molar-refractivity contribution >= 4 is 33.0 Å². The molecule has 33 heavy (non-hydrogen) atoms. The molecule has 174 valence electrons. The molecule has 1 saturated heterocycles. The Labute approximate surface area is 197 Å². The lowest BCUT2D eigenvalue weighted by molar-refractivity contribution is -0.118. The Bertz CT molecular complexity index is 1160. The number of thiophene rings is 1. The van der Waals surface area contributed by atoms with Crippen LogP contribution in [0.1, 0.15) is 16.9 Å². The summed E-state index contributed by atoms with van der Waals surface area (Å²) >= 11 is 1.56. The summed E-state index contributed by atoms with van der Waals surface area (Å²) in [6.07, 6.45) is 0.719. The van der Waals surface area contributed by atoms with E-state index in [1.165, 1.54) is 16.4 Å². The number of morpholine rings is 1. The number of hydrogen-bond donors (Lipinski definition) is 0. The van der Waals surface area contributed by atoms with Crippen LogP contribution in [-0.4, -0.2) is 44.9 Å². The van der Waals surface area contributed by atoms with Gasteiger partial charge in [0.1, 0.15) is 5.82 Å². The number of rotatable bonds is 8. The van der Waals surface area contributed by atoms with E-state index in [1.54, 1.807) is 52.6 Å². The minimum Gasteiger partial charge on any atom is -0.379 e. The molecular formula is C24H25FN2O4S2. The number of carbonyl (C=O) groups is 1. The predicted octanol–water partition coefficient (Wildman–Crippen LogP) is 4.07. The maximum atomic E-state index is 13.4. The van der Waals surface area contributed by atoms with E-state index >= 15 is 0 Å². The number of nitrogens with zero attached hydrogens (tertiary/aromatic N) is 2. The van der Waals surface area contributed by atoms with Crippen LogP contribution in [0.15, 0.2) is 70.9 Å². The van der Waals surface area contributed by atoms with Crippen molar-refractivity contribution in [3.05, 3.63) is 82.3 Å². The number of hydrogen-bond acceptors (Lipinski definition) is 5. The van der Waals surface area contributed by atoms with Gasteiger partial charge in [0.25, 0.3) is 0 Å². The summed E-state index contributed by atoms with van der Waals surface area (Å²) in [4.78, 5) is 16.0. The van der Waals surface area contributed by atoms with Crippen molar-refractivity contribution in [3.8, 4) is 0 Å². The van der Waals surface area contributed by atoms with E-state index in [0.29, 0.717) is 45.0 Å². The summed E-state index contributed by atoms with van der Waals surface area (Å²) in [5.74, 6) is -0.436. The molecular weight excluding hydrogens is 463 g/mol. The number of sulfonamides is 1. The topological polar surface area (TPSA) is 66.9 Å². The Balaban J connectivity index is 1.43. The third-order valence-corrected chi connectivity index (χ3v) is 8.27. The highest BCUT2D eigenvalue weighted by molar-refractivity contribution is 7.89. The summed E-state index contributed by atoms with van der Waals surface area (Å²) < 4.78 is 45.6. The summed E-state index contributed by atoms with van der Waals surface area (Å²) in [6, 6.07) is 16.5. The normalized spacial score (nSPS) is 14.8. The van der Waals surface area contributed by atoms with E-state index < -0.39 is 10.0 Å². The largest absolute Gasteiger partial charge is 0.379 e. The molecule has 3 aromatic rings. The van der Waals surface area contributed by atoms with Gasteiger partial charge < -0.3 is 9.64 Å². The first kappa shape index (κ1) is 23.6. The molecule has 6 nitrogen and oxygen atoms in total. The van der Waals surface area contributed by atoms with E-state index in [2.05, 4.69) is 0 Å². The quantitative estimate of drug-likeness (QED) is 0.479. The zero-order valence-corrected chi connectivity index (χ0v) is 19.7. The fourth-order valence-corrected chi connectivity index (χ4v) is 5.75. The maximum Gasteiger partial charge on any atom is 0.243 e. The van der Waals surface area contributed by atoms with Gasteiger partial charge in [0.2, 0.25) is 15.9 Å². The van der Waals surface area contributed by atoms with Gasteiger partial charge in [-0.2, -0.15) is 4.31 Å². The van der Waals surface area contributed by atoms with Crippen LogP contribution in [0, 0.1) is 5.82 Å². The average Bonchev–Trinajstić information content (AvgIpc) is 3.36. The fraction of sp³-hybridized carbons (Fsp3) is 0.292. The molecule has 0 saturated carbocycles. The van der Waals surface area contributed by atoms with Crippen LogP contribution < -0.4 is 4.90 Å². The van der Waals surface area contributed by atoms with E-state index in [4.69, 9.17) is 4.74 Å². The molecule has 0 N–H and O–H groups in total. The lowest BCUT2D eigenvalue weighted by atomic mass is 10.1. The summed E-state index contributed by atoms with van der Waals surface area (Å²) in [5, 5.41) is 1.95. The first-order valence-corrected chi connectivity index (χ1v) is 13.0. The molecule has 0 unspecified atom stereocenters. The first-order chi connectivity index (χ1) is 15.9. The molecule has 0 radical (unpaired) electrons. The molecule has 1 aliphatic heterocycles. The second-order valence-corrected chi connectivity index (χ2v) is 10.7. The van der Waals surface area contributed by atoms with Crippen LogP contribution in [0.25, 0.3) is 0 Å². The molecule has 0 atom stereocenters. The van der Waals surface area contributed by atoms with Crippen molar-refractivity contribution in [2.24, 2.45) is 0 Å². The van der Waals surface area contributed by atoms with Crippen molar-refractivity contribution in [3.63, 3.8) is 0 Å². The van der Waals surface area contributed by atoms with Crippen LogP contribution in [0.5, 0.6) is 0 Å². The smallest absolute Gasteiger partial charge is 0.243 e. The van der Waals surface area contributed by atoms with Gasteiger partial charge in [-0.1, -0.05) is 18.2 Å². The van der Waals surface area contributed by atoms with Crippen LogP contribution in [0.3, 0.4) is 0 Å². The molecule has 4 rings (SSSR count). The van der Waals surface area contributed by atoms with Gasteiger partial charge >= 0.3 is 0 Å². The highest BCUT2D eigenvalue weighted by atomic mass is 32.2. The standard InChI is InChI=1S/C24H25FN2O4S2/c25-20-6-8-21(9-7-20)27(18-22-2-1-17-32-22)24(28)12-5-19-3-10-23(11-4-19)33(29,30)26-13-15-31-16-14-26/h1-4,6-11,17H,5,12-16,18H2. The molecule has 0 spiro atoms. The monoisotopic (exact) mass is 488 g/mol. The second kappa shape index (κ2) is 10.6. The Kier molecular flexibility index (Phi) is 7.54. The summed E-state index contributed by atoms with van der Waals surface area (Å²) in [6.45, 7) is 1.91. The van der Waals surface area contributed by atoms with Crippen molar-refractivity contribution in [1.82, 2.24) is 4.31 Å². The van der Waals surface area contributed by atoms with Crippen LogP contribution in [0.2, 0.25) is 0 Å². The lowest BCUT2D eigenvalue weighted by Crippen LogP contribution is -2.40. The lowest BCUT2D eigenvalue weighted by Gasteiger charge is -2.26. The van der Waals surface area contributed by atoms with Crippen molar-refractivity contribution < 1.29 is 22.3 Å². The second-order valence-electron chi connectivity index (χ2n) is 7.70. The minimum absolute atomic E-state index is 0.0833. The molecule has 0 aliphatic carbocycles. The van der Waals surface area contributed by atoms with Gasteiger partial charge in [0, 0.05) is 30.1 Å². The van der Waals surface area contributed by atoms with E-state index in [-0.39, 0.29) is 23.0 Å². The van der Waals surface area contributed by atoms with Gasteiger partial charge in [-0.05, 0) is 59.8 Å². The molecule has 1 fully saturated rings. The SMILES string of the molecule is O=C(CCc1ccc(S(=O)(=O)N2CCOCC2)cc1)N(Cc1cccs1)c1ccc(F)cc1. The summed E-state index contributed by atoms with van der Waals surface area (Å²) in [5.41, 5.74) is 1.52. The Hall–Kier alpha value is -2.59. The van der Waals surface area contributed by atoms with E-state index in [9.17, 15) is 17.6 Å². The third kappa shape index (κ3) is 5.86. The molecule has 1 aliphatic rings. The molecule has 9 heteroatoms. The Morgan fingerprint density at radius 3 is 2.36 bits per heavy atom. The number of aryl methyl sites for hydroxylation is 1. The number of anilines is 1. The van der Waals surface area contributed by atoms with Crippen LogP contribution in [-0.2, 0) is 32.5 Å². The molecule has 2 aromatic carbocycles. The van der Waals surface area contributed by atoms with Crippen molar-refractivity contribution in [2.45, 2.75) is 24.3 Å².